The zero-order valence-corrected chi connectivity index (χ0v) is 17.7. The highest BCUT2D eigenvalue weighted by Gasteiger charge is 2.31. The van der Waals surface area contributed by atoms with Gasteiger partial charge in [0, 0.05) is 38.3 Å². The van der Waals surface area contributed by atoms with Crippen molar-refractivity contribution in [2.24, 2.45) is 11.8 Å². The highest BCUT2D eigenvalue weighted by Crippen LogP contribution is 2.36. The van der Waals surface area contributed by atoms with E-state index in [4.69, 9.17) is 0 Å². The van der Waals surface area contributed by atoms with Gasteiger partial charge >= 0.3 is 0 Å². The third kappa shape index (κ3) is 8.01. The Kier molecular flexibility index (Phi) is 9.49. The lowest BCUT2D eigenvalue weighted by Crippen LogP contribution is -2.38. The van der Waals surface area contributed by atoms with Gasteiger partial charge in [-0.15, -0.1) is 0 Å². The summed E-state index contributed by atoms with van der Waals surface area (Å²) in [5.41, 5.74) is 0. The van der Waals surface area contributed by atoms with Gasteiger partial charge in [0.15, 0.2) is 0 Å². The Morgan fingerprint density at radius 1 is 1.14 bits per heavy atom. The molecule has 1 heterocycles. The molecule has 1 aliphatic carbocycles. The van der Waals surface area contributed by atoms with Crippen LogP contribution in [0.3, 0.4) is 0 Å². The summed E-state index contributed by atoms with van der Waals surface area (Å²) < 4.78 is 19.8. The number of carbonyl (C=O) groups excluding carboxylic acids is 3. The van der Waals surface area contributed by atoms with Gasteiger partial charge in [0.25, 0.3) is 19.6 Å². The van der Waals surface area contributed by atoms with Crippen LogP contribution < -0.4 is 10.2 Å². The van der Waals surface area contributed by atoms with Gasteiger partial charge < -0.3 is 19.3 Å². The van der Waals surface area contributed by atoms with Gasteiger partial charge in [0.1, 0.15) is 0 Å². The van der Waals surface area contributed by atoms with E-state index < -0.39 is 7.82 Å². The SMILES string of the molecule is COP(=O)([O-])OCCCCCCNC(=O)C1CCC(CN2C(=O)C=CC2=O)CC1. The van der Waals surface area contributed by atoms with Crippen molar-refractivity contribution in [2.45, 2.75) is 51.4 Å². The lowest BCUT2D eigenvalue weighted by Gasteiger charge is -2.30. The van der Waals surface area contributed by atoms with Gasteiger partial charge in [0.2, 0.25) is 5.91 Å². The van der Waals surface area contributed by atoms with E-state index in [1.807, 2.05) is 0 Å². The van der Waals surface area contributed by atoms with E-state index >= 15 is 0 Å². The molecule has 0 radical (unpaired) electrons. The van der Waals surface area contributed by atoms with Crippen LogP contribution in [0.5, 0.6) is 0 Å². The highest BCUT2D eigenvalue weighted by atomic mass is 31.2. The predicted octanol–water partition coefficient (Wildman–Crippen LogP) is 1.53. The smallest absolute Gasteiger partial charge is 0.267 e. The second-order valence-corrected chi connectivity index (χ2v) is 9.02. The molecule has 1 aliphatic heterocycles. The first kappa shape index (κ1) is 23.7. The zero-order chi connectivity index (χ0) is 21.3. The molecule has 1 unspecified atom stereocenters. The third-order valence-corrected chi connectivity index (χ3v) is 6.35. The number of rotatable bonds is 12. The summed E-state index contributed by atoms with van der Waals surface area (Å²) in [6, 6.07) is 0. The van der Waals surface area contributed by atoms with E-state index in [0.29, 0.717) is 19.5 Å². The van der Waals surface area contributed by atoms with E-state index in [2.05, 4.69) is 14.4 Å². The minimum atomic E-state index is -4.13. The van der Waals surface area contributed by atoms with Crippen molar-refractivity contribution >= 4 is 25.5 Å². The number of nitrogens with zero attached hydrogens (tertiary/aromatic N) is 1. The minimum Gasteiger partial charge on any atom is -0.756 e. The molecule has 29 heavy (non-hydrogen) atoms. The van der Waals surface area contributed by atoms with Crippen molar-refractivity contribution in [1.82, 2.24) is 10.2 Å². The van der Waals surface area contributed by atoms with E-state index in [9.17, 15) is 23.8 Å². The Labute approximate surface area is 171 Å². The quantitative estimate of drug-likeness (QED) is 0.283. The Morgan fingerprint density at radius 2 is 1.76 bits per heavy atom. The number of phosphoric acid groups is 1. The fourth-order valence-electron chi connectivity index (χ4n) is 3.64. The number of phosphoric ester groups is 1. The molecule has 0 aromatic rings. The predicted molar refractivity (Wildman–Crippen MR) is 103 cm³/mol. The molecule has 164 valence electrons. The topological polar surface area (TPSA) is 125 Å². The van der Waals surface area contributed by atoms with Crippen LogP contribution in [-0.4, -0.2) is 49.4 Å². The lowest BCUT2D eigenvalue weighted by molar-refractivity contribution is -0.223. The van der Waals surface area contributed by atoms with E-state index in [1.54, 1.807) is 0 Å². The molecule has 2 rings (SSSR count). The summed E-state index contributed by atoms with van der Waals surface area (Å²) in [6.07, 6.45) is 8.94. The Balaban J connectivity index is 1.51. The van der Waals surface area contributed by atoms with Crippen LogP contribution in [-0.2, 0) is 28.0 Å². The Hall–Kier alpha value is -1.54. The molecular weight excluding hydrogens is 399 g/mol. The monoisotopic (exact) mass is 429 g/mol. The molecule has 10 heteroatoms. The third-order valence-electron chi connectivity index (χ3n) is 5.40. The molecule has 0 aromatic carbocycles. The summed E-state index contributed by atoms with van der Waals surface area (Å²) in [6.45, 7) is 1.14. The highest BCUT2D eigenvalue weighted by molar-refractivity contribution is 7.45. The first-order chi connectivity index (χ1) is 13.8. The zero-order valence-electron chi connectivity index (χ0n) is 16.8. The molecule has 9 nitrogen and oxygen atoms in total. The van der Waals surface area contributed by atoms with Gasteiger partial charge in [-0.1, -0.05) is 12.8 Å². The summed E-state index contributed by atoms with van der Waals surface area (Å²) in [4.78, 5) is 47.8. The van der Waals surface area contributed by atoms with E-state index in [1.165, 1.54) is 17.1 Å². The van der Waals surface area contributed by atoms with E-state index in [-0.39, 0.29) is 36.2 Å². The maximum atomic E-state index is 12.3. The van der Waals surface area contributed by atoms with Crippen LogP contribution in [0.15, 0.2) is 12.2 Å². The molecule has 3 amide bonds. The largest absolute Gasteiger partial charge is 0.756 e. The van der Waals surface area contributed by atoms with Crippen molar-refractivity contribution in [3.05, 3.63) is 12.2 Å². The van der Waals surface area contributed by atoms with Crippen molar-refractivity contribution in [3.8, 4) is 0 Å². The number of unbranched alkanes of at least 4 members (excludes halogenated alkanes) is 3. The summed E-state index contributed by atoms with van der Waals surface area (Å²) in [5, 5.41) is 2.97. The molecule has 1 atom stereocenters. The van der Waals surface area contributed by atoms with Gasteiger partial charge in [-0.25, -0.2) is 0 Å². The summed E-state index contributed by atoms with van der Waals surface area (Å²) >= 11 is 0. The Morgan fingerprint density at radius 3 is 2.38 bits per heavy atom. The van der Waals surface area contributed by atoms with Gasteiger partial charge in [-0.2, -0.15) is 0 Å². The molecular formula is C19H30N2O7P-. The molecule has 1 fully saturated rings. The first-order valence-corrected chi connectivity index (χ1v) is 11.6. The standard InChI is InChI=1S/C19H31N2O7P/c1-27-29(25,26)28-13-5-3-2-4-12-20-19(24)16-8-6-15(7-9-16)14-21-17(22)10-11-18(21)23/h10-11,15-16H,2-9,12-14H2,1H3,(H,20,24)(H,25,26)/p-1. The molecule has 2 aliphatic rings. The van der Waals surface area contributed by atoms with Crippen LogP contribution in [0, 0.1) is 11.8 Å². The Bertz CT molecular complexity index is 641. The molecule has 0 bridgehead atoms. The van der Waals surface area contributed by atoms with Crippen molar-refractivity contribution < 1.29 is 32.9 Å². The minimum absolute atomic E-state index is 0.0111. The number of amides is 3. The van der Waals surface area contributed by atoms with Crippen LogP contribution in [0.2, 0.25) is 0 Å². The maximum Gasteiger partial charge on any atom is 0.267 e. The maximum absolute atomic E-state index is 12.3. The van der Waals surface area contributed by atoms with Gasteiger partial charge in [-0.3, -0.25) is 23.8 Å². The van der Waals surface area contributed by atoms with E-state index in [0.717, 1.165) is 52.1 Å². The fourth-order valence-corrected chi connectivity index (χ4v) is 4.10. The molecule has 0 spiro atoms. The second-order valence-electron chi connectivity index (χ2n) is 7.51. The molecule has 1 saturated carbocycles. The number of imide groups is 1. The number of hydrogen-bond donors (Lipinski definition) is 1. The lowest BCUT2D eigenvalue weighted by atomic mass is 9.81. The normalized spacial score (nSPS) is 24.0. The van der Waals surface area contributed by atoms with Crippen LogP contribution in [0.1, 0.15) is 51.4 Å². The number of nitrogens with one attached hydrogen (secondary N) is 1. The average Bonchev–Trinajstić information content (AvgIpc) is 3.02. The number of hydrogen-bond acceptors (Lipinski definition) is 7. The van der Waals surface area contributed by atoms with Crippen molar-refractivity contribution in [2.75, 3.05) is 26.8 Å². The van der Waals surface area contributed by atoms with Crippen LogP contribution in [0.4, 0.5) is 0 Å². The van der Waals surface area contributed by atoms with Crippen LogP contribution in [0.25, 0.3) is 0 Å². The van der Waals surface area contributed by atoms with Gasteiger partial charge in [-0.05, 0) is 44.4 Å². The number of carbonyl (C=O) groups is 3. The first-order valence-electron chi connectivity index (χ1n) is 10.1. The molecule has 0 aromatic heterocycles. The fraction of sp³-hybridized carbons (Fsp3) is 0.737. The molecule has 1 N–H and O–H groups in total. The summed E-state index contributed by atoms with van der Waals surface area (Å²) in [5.74, 6) is -0.182. The van der Waals surface area contributed by atoms with Crippen molar-refractivity contribution in [3.63, 3.8) is 0 Å². The molecule has 0 saturated heterocycles. The average molecular weight is 429 g/mol. The van der Waals surface area contributed by atoms with Crippen LogP contribution >= 0.6 is 7.82 Å². The van der Waals surface area contributed by atoms with Gasteiger partial charge in [0.05, 0.1) is 6.61 Å². The summed E-state index contributed by atoms with van der Waals surface area (Å²) in [7, 11) is -3.06. The van der Waals surface area contributed by atoms with Crippen molar-refractivity contribution in [1.29, 1.82) is 0 Å². The second kappa shape index (κ2) is 11.6.